The Morgan fingerprint density at radius 1 is 1.05 bits per heavy atom. The minimum atomic E-state index is -2.23. The third-order valence-electron chi connectivity index (χ3n) is 2.91. The van der Waals surface area contributed by atoms with Crippen LogP contribution in [0.25, 0.3) is 0 Å². The van der Waals surface area contributed by atoms with Gasteiger partial charge in [0.25, 0.3) is 0 Å². The Kier molecular flexibility index (Phi) is 11.2. The molecule has 0 bridgehead atoms. The summed E-state index contributed by atoms with van der Waals surface area (Å²) in [7, 11) is 0. The molecule has 1 N–H and O–H groups in total. The first kappa shape index (κ1) is 18.6. The Bertz CT molecular complexity index is 354. The SMILES string of the molecule is CCCCCCCCc1ccc(OS(=O)O)cc1.[Ni]. The van der Waals surface area contributed by atoms with Crippen LogP contribution >= 0.6 is 0 Å². The van der Waals surface area contributed by atoms with Gasteiger partial charge in [0.15, 0.2) is 0 Å². The van der Waals surface area contributed by atoms with E-state index in [4.69, 9.17) is 4.55 Å². The van der Waals surface area contributed by atoms with Crippen LogP contribution in [-0.4, -0.2) is 8.76 Å². The fourth-order valence-electron chi connectivity index (χ4n) is 1.90. The molecule has 0 spiro atoms. The molecule has 0 aliphatic carbocycles. The molecule has 3 nitrogen and oxygen atoms in total. The first-order valence-electron chi connectivity index (χ1n) is 6.60. The maximum Gasteiger partial charge on any atom is 0.357 e. The van der Waals surface area contributed by atoms with Crippen LogP contribution in [0.2, 0.25) is 0 Å². The molecule has 5 heteroatoms. The number of rotatable bonds is 9. The second kappa shape index (κ2) is 11.5. The second-order valence-corrected chi connectivity index (χ2v) is 5.06. The molecule has 0 saturated heterocycles. The fraction of sp³-hybridized carbons (Fsp3) is 0.571. The molecule has 0 fully saturated rings. The first-order valence-corrected chi connectivity index (χ1v) is 7.63. The smallest absolute Gasteiger partial charge is 0.357 e. The number of benzene rings is 1. The molecule has 0 aliphatic rings. The molecule has 112 valence electrons. The van der Waals surface area contributed by atoms with Crippen LogP contribution in [0.4, 0.5) is 0 Å². The van der Waals surface area contributed by atoms with Crippen LogP contribution in [-0.2, 0) is 34.3 Å². The van der Waals surface area contributed by atoms with E-state index in [0.29, 0.717) is 5.75 Å². The van der Waals surface area contributed by atoms with Crippen molar-refractivity contribution < 1.29 is 29.4 Å². The fourth-order valence-corrected chi connectivity index (χ4v) is 2.18. The van der Waals surface area contributed by atoms with Gasteiger partial charge in [-0.3, -0.25) is 4.55 Å². The Balaban J connectivity index is 0.00000324. The van der Waals surface area contributed by atoms with Crippen molar-refractivity contribution >= 4 is 11.4 Å². The van der Waals surface area contributed by atoms with E-state index in [-0.39, 0.29) is 16.5 Å². The Morgan fingerprint density at radius 2 is 1.63 bits per heavy atom. The van der Waals surface area contributed by atoms with Crippen molar-refractivity contribution in [3.63, 3.8) is 0 Å². The summed E-state index contributed by atoms with van der Waals surface area (Å²) >= 11 is -2.23. The van der Waals surface area contributed by atoms with Gasteiger partial charge in [0.1, 0.15) is 5.75 Å². The van der Waals surface area contributed by atoms with E-state index < -0.39 is 11.4 Å². The third kappa shape index (κ3) is 9.20. The van der Waals surface area contributed by atoms with E-state index in [1.54, 1.807) is 12.1 Å². The zero-order chi connectivity index (χ0) is 13.2. The van der Waals surface area contributed by atoms with Crippen molar-refractivity contribution in [1.29, 1.82) is 0 Å². The van der Waals surface area contributed by atoms with Gasteiger partial charge in [0.05, 0.1) is 0 Å². The molecule has 1 aromatic rings. The van der Waals surface area contributed by atoms with E-state index in [1.807, 2.05) is 12.1 Å². The van der Waals surface area contributed by atoms with Crippen LogP contribution in [0, 0.1) is 0 Å². The zero-order valence-electron chi connectivity index (χ0n) is 11.2. The number of hydrogen-bond acceptors (Lipinski definition) is 2. The first-order chi connectivity index (χ1) is 8.72. The Morgan fingerprint density at radius 3 is 2.21 bits per heavy atom. The molecule has 0 radical (unpaired) electrons. The predicted molar refractivity (Wildman–Crippen MR) is 74.9 cm³/mol. The summed E-state index contributed by atoms with van der Waals surface area (Å²) in [6.07, 6.45) is 8.82. The van der Waals surface area contributed by atoms with Gasteiger partial charge in [-0.05, 0) is 30.5 Å². The topological polar surface area (TPSA) is 46.5 Å². The molecule has 1 aromatic carbocycles. The Hall–Kier alpha value is -0.376. The third-order valence-corrected chi connectivity index (χ3v) is 3.24. The van der Waals surface area contributed by atoms with Crippen LogP contribution in [0.3, 0.4) is 0 Å². The molecular weight excluding hydrogens is 307 g/mol. The summed E-state index contributed by atoms with van der Waals surface area (Å²) in [4.78, 5) is 0. The molecule has 1 unspecified atom stereocenters. The monoisotopic (exact) mass is 328 g/mol. The summed E-state index contributed by atoms with van der Waals surface area (Å²) in [6, 6.07) is 7.38. The minimum Gasteiger partial charge on any atom is -0.380 e. The molecule has 1 atom stereocenters. The van der Waals surface area contributed by atoms with Gasteiger partial charge in [-0.1, -0.05) is 51.2 Å². The van der Waals surface area contributed by atoms with Gasteiger partial charge < -0.3 is 4.18 Å². The standard InChI is InChI=1S/C14H22O3S.Ni/c1-2-3-4-5-6-7-8-13-9-11-14(12-10-13)17-18(15)16;/h9-12H,2-8H2,1H3,(H,15,16);. The van der Waals surface area contributed by atoms with Gasteiger partial charge in [0.2, 0.25) is 0 Å². The predicted octanol–water partition coefficient (Wildman–Crippen LogP) is 4.10. The average molecular weight is 329 g/mol. The quantitative estimate of drug-likeness (QED) is 0.421. The molecular formula is C14H22NiO3S. The summed E-state index contributed by atoms with van der Waals surface area (Å²) in [6.45, 7) is 2.23. The van der Waals surface area contributed by atoms with E-state index >= 15 is 0 Å². The molecule has 0 aromatic heterocycles. The van der Waals surface area contributed by atoms with Crippen LogP contribution < -0.4 is 4.18 Å². The van der Waals surface area contributed by atoms with E-state index in [0.717, 1.165) is 6.42 Å². The number of hydrogen-bond donors (Lipinski definition) is 1. The largest absolute Gasteiger partial charge is 0.380 e. The minimum absolute atomic E-state index is 0. The second-order valence-electron chi connectivity index (χ2n) is 4.46. The van der Waals surface area contributed by atoms with Crippen molar-refractivity contribution in [3.8, 4) is 5.75 Å². The van der Waals surface area contributed by atoms with Gasteiger partial charge >= 0.3 is 11.4 Å². The van der Waals surface area contributed by atoms with Gasteiger partial charge in [-0.2, -0.15) is 4.21 Å². The van der Waals surface area contributed by atoms with Gasteiger partial charge in [0, 0.05) is 16.5 Å². The molecule has 0 amide bonds. The van der Waals surface area contributed by atoms with Crippen molar-refractivity contribution in [1.82, 2.24) is 0 Å². The molecule has 0 saturated carbocycles. The van der Waals surface area contributed by atoms with Crippen molar-refractivity contribution in [2.75, 3.05) is 0 Å². The molecule has 0 aliphatic heterocycles. The summed E-state index contributed by atoms with van der Waals surface area (Å²) in [5.74, 6) is 0.433. The van der Waals surface area contributed by atoms with Crippen molar-refractivity contribution in [2.45, 2.75) is 51.9 Å². The average Bonchev–Trinajstić information content (AvgIpc) is 2.35. The van der Waals surface area contributed by atoms with Gasteiger partial charge in [-0.15, -0.1) is 0 Å². The van der Waals surface area contributed by atoms with Crippen molar-refractivity contribution in [2.24, 2.45) is 0 Å². The van der Waals surface area contributed by atoms with Gasteiger partial charge in [-0.25, -0.2) is 0 Å². The summed E-state index contributed by atoms with van der Waals surface area (Å²) in [5.41, 5.74) is 1.25. The zero-order valence-corrected chi connectivity index (χ0v) is 13.1. The summed E-state index contributed by atoms with van der Waals surface area (Å²) < 4.78 is 23.7. The van der Waals surface area contributed by atoms with E-state index in [2.05, 4.69) is 11.1 Å². The van der Waals surface area contributed by atoms with Crippen LogP contribution in [0.15, 0.2) is 24.3 Å². The van der Waals surface area contributed by atoms with E-state index in [1.165, 1.54) is 44.1 Å². The normalized spacial score (nSPS) is 11.7. The molecule has 19 heavy (non-hydrogen) atoms. The number of unbranched alkanes of at least 4 members (excludes halogenated alkanes) is 5. The maximum absolute atomic E-state index is 10.4. The van der Waals surface area contributed by atoms with Crippen LogP contribution in [0.5, 0.6) is 5.75 Å². The van der Waals surface area contributed by atoms with Crippen LogP contribution in [0.1, 0.15) is 51.0 Å². The molecule has 0 heterocycles. The van der Waals surface area contributed by atoms with E-state index in [9.17, 15) is 4.21 Å². The summed E-state index contributed by atoms with van der Waals surface area (Å²) in [5, 5.41) is 0. The maximum atomic E-state index is 10.4. The number of aryl methyl sites for hydroxylation is 1. The Labute approximate surface area is 128 Å². The molecule has 1 rings (SSSR count). The van der Waals surface area contributed by atoms with Crippen molar-refractivity contribution in [3.05, 3.63) is 29.8 Å².